The average molecular weight is 314 g/mol. The Balaban J connectivity index is 1.47. The van der Waals surface area contributed by atoms with Crippen molar-refractivity contribution >= 4 is 17.5 Å². The van der Waals surface area contributed by atoms with Gasteiger partial charge in [-0.15, -0.1) is 0 Å². The third kappa shape index (κ3) is 3.69. The van der Waals surface area contributed by atoms with Crippen LogP contribution in [0, 0.1) is 0 Å². The molecule has 1 amide bonds. The third-order valence-electron chi connectivity index (χ3n) is 4.31. The Bertz CT molecular complexity index is 668. The van der Waals surface area contributed by atoms with E-state index in [0.717, 1.165) is 29.8 Å². The molecular weight excluding hydrogens is 294 g/mol. The average Bonchev–Trinajstić information content (AvgIpc) is 2.91. The molecule has 1 aliphatic rings. The van der Waals surface area contributed by atoms with Gasteiger partial charge in [0.15, 0.2) is 0 Å². The van der Waals surface area contributed by atoms with E-state index in [1.54, 1.807) is 0 Å². The first-order valence-corrected chi connectivity index (χ1v) is 8.19. The Hall–Kier alpha value is -1.80. The lowest BCUT2D eigenvalue weighted by Crippen LogP contribution is -2.26. The van der Waals surface area contributed by atoms with E-state index in [9.17, 15) is 4.79 Å². The number of amides is 1. The predicted molar refractivity (Wildman–Crippen MR) is 90.3 cm³/mol. The van der Waals surface area contributed by atoms with E-state index < -0.39 is 0 Å². The SMILES string of the molecule is O=C(CC1CCc2ccccc21)NCCc1cccc(Cl)c1. The van der Waals surface area contributed by atoms with Gasteiger partial charge in [0.25, 0.3) is 0 Å². The highest BCUT2D eigenvalue weighted by molar-refractivity contribution is 6.30. The normalized spacial score (nSPS) is 16.3. The van der Waals surface area contributed by atoms with Crippen molar-refractivity contribution in [2.75, 3.05) is 6.54 Å². The highest BCUT2D eigenvalue weighted by Crippen LogP contribution is 2.34. The summed E-state index contributed by atoms with van der Waals surface area (Å²) in [7, 11) is 0. The van der Waals surface area contributed by atoms with Crippen LogP contribution < -0.4 is 5.32 Å². The Kier molecular flexibility index (Phi) is 4.79. The van der Waals surface area contributed by atoms with Crippen molar-refractivity contribution in [1.82, 2.24) is 5.32 Å². The minimum Gasteiger partial charge on any atom is -0.356 e. The minimum atomic E-state index is 0.142. The molecule has 2 aromatic rings. The second-order valence-corrected chi connectivity index (χ2v) is 6.30. The Labute approximate surface area is 136 Å². The van der Waals surface area contributed by atoms with E-state index in [0.29, 0.717) is 18.9 Å². The van der Waals surface area contributed by atoms with Crippen LogP contribution in [0.15, 0.2) is 48.5 Å². The summed E-state index contributed by atoms with van der Waals surface area (Å²) in [6, 6.07) is 16.3. The number of carbonyl (C=O) groups is 1. The Morgan fingerprint density at radius 2 is 2.05 bits per heavy atom. The molecule has 22 heavy (non-hydrogen) atoms. The lowest BCUT2D eigenvalue weighted by Gasteiger charge is -2.12. The van der Waals surface area contributed by atoms with Crippen LogP contribution in [0.4, 0.5) is 0 Å². The molecule has 0 aliphatic heterocycles. The summed E-state index contributed by atoms with van der Waals surface area (Å²) in [5.74, 6) is 0.520. The van der Waals surface area contributed by atoms with Crippen LogP contribution in [-0.2, 0) is 17.6 Å². The Morgan fingerprint density at radius 1 is 1.18 bits per heavy atom. The van der Waals surface area contributed by atoms with Crippen molar-refractivity contribution in [3.05, 3.63) is 70.2 Å². The summed E-state index contributed by atoms with van der Waals surface area (Å²) in [4.78, 5) is 12.1. The first-order chi connectivity index (χ1) is 10.7. The summed E-state index contributed by atoms with van der Waals surface area (Å²) >= 11 is 5.96. The van der Waals surface area contributed by atoms with E-state index >= 15 is 0 Å². The molecule has 0 saturated heterocycles. The van der Waals surface area contributed by atoms with Gasteiger partial charge in [0.1, 0.15) is 0 Å². The van der Waals surface area contributed by atoms with Crippen molar-refractivity contribution < 1.29 is 4.79 Å². The molecular formula is C19H20ClNO. The topological polar surface area (TPSA) is 29.1 Å². The molecule has 0 bridgehead atoms. The second kappa shape index (κ2) is 6.97. The fraction of sp³-hybridized carbons (Fsp3) is 0.316. The maximum atomic E-state index is 12.1. The fourth-order valence-corrected chi connectivity index (χ4v) is 3.40. The zero-order valence-electron chi connectivity index (χ0n) is 12.5. The number of rotatable bonds is 5. The summed E-state index contributed by atoms with van der Waals surface area (Å²) < 4.78 is 0. The second-order valence-electron chi connectivity index (χ2n) is 5.87. The predicted octanol–water partition coefficient (Wildman–Crippen LogP) is 4.12. The van der Waals surface area contributed by atoms with Crippen LogP contribution in [0.5, 0.6) is 0 Å². The van der Waals surface area contributed by atoms with E-state index in [1.165, 1.54) is 11.1 Å². The fourth-order valence-electron chi connectivity index (χ4n) is 3.19. The molecule has 0 saturated carbocycles. The molecule has 2 nitrogen and oxygen atoms in total. The molecule has 0 heterocycles. The van der Waals surface area contributed by atoms with E-state index in [1.807, 2.05) is 24.3 Å². The van der Waals surface area contributed by atoms with Gasteiger partial charge < -0.3 is 5.32 Å². The van der Waals surface area contributed by atoms with Crippen LogP contribution >= 0.6 is 11.6 Å². The number of hydrogen-bond donors (Lipinski definition) is 1. The largest absolute Gasteiger partial charge is 0.356 e. The van der Waals surface area contributed by atoms with Gasteiger partial charge in [-0.05, 0) is 54.0 Å². The first-order valence-electron chi connectivity index (χ1n) is 7.81. The van der Waals surface area contributed by atoms with Gasteiger partial charge in [-0.3, -0.25) is 4.79 Å². The van der Waals surface area contributed by atoms with Gasteiger partial charge in [-0.1, -0.05) is 48.0 Å². The molecule has 0 radical (unpaired) electrons. The third-order valence-corrected chi connectivity index (χ3v) is 4.55. The van der Waals surface area contributed by atoms with Gasteiger partial charge in [0, 0.05) is 18.0 Å². The molecule has 3 rings (SSSR count). The van der Waals surface area contributed by atoms with Gasteiger partial charge in [0.05, 0.1) is 0 Å². The molecule has 1 atom stereocenters. The zero-order valence-corrected chi connectivity index (χ0v) is 13.3. The number of hydrogen-bond acceptors (Lipinski definition) is 1. The summed E-state index contributed by atoms with van der Waals surface area (Å²) in [5, 5.41) is 3.77. The number of aryl methyl sites for hydroxylation is 1. The monoisotopic (exact) mass is 313 g/mol. The number of benzene rings is 2. The molecule has 1 aliphatic carbocycles. The van der Waals surface area contributed by atoms with Crippen molar-refractivity contribution in [2.24, 2.45) is 0 Å². The molecule has 0 spiro atoms. The smallest absolute Gasteiger partial charge is 0.220 e. The van der Waals surface area contributed by atoms with Crippen LogP contribution in [0.2, 0.25) is 5.02 Å². The number of nitrogens with one attached hydrogen (secondary N) is 1. The molecule has 0 aromatic heterocycles. The van der Waals surface area contributed by atoms with E-state index in [2.05, 4.69) is 29.6 Å². The number of halogens is 1. The highest BCUT2D eigenvalue weighted by Gasteiger charge is 2.23. The molecule has 2 aromatic carbocycles. The summed E-state index contributed by atoms with van der Waals surface area (Å²) in [6.45, 7) is 0.660. The Morgan fingerprint density at radius 3 is 2.91 bits per heavy atom. The van der Waals surface area contributed by atoms with Crippen molar-refractivity contribution in [1.29, 1.82) is 0 Å². The van der Waals surface area contributed by atoms with Crippen LogP contribution in [0.3, 0.4) is 0 Å². The number of carbonyl (C=O) groups excluding carboxylic acids is 1. The zero-order chi connectivity index (χ0) is 15.4. The number of fused-ring (bicyclic) bond motifs is 1. The molecule has 1 unspecified atom stereocenters. The lowest BCUT2D eigenvalue weighted by molar-refractivity contribution is -0.121. The van der Waals surface area contributed by atoms with Gasteiger partial charge >= 0.3 is 0 Å². The first kappa shape index (κ1) is 15.1. The minimum absolute atomic E-state index is 0.142. The van der Waals surface area contributed by atoms with Crippen molar-refractivity contribution in [2.45, 2.75) is 31.6 Å². The lowest BCUT2D eigenvalue weighted by atomic mass is 9.97. The van der Waals surface area contributed by atoms with E-state index in [4.69, 9.17) is 11.6 Å². The van der Waals surface area contributed by atoms with Crippen LogP contribution in [0.25, 0.3) is 0 Å². The molecule has 1 N–H and O–H groups in total. The van der Waals surface area contributed by atoms with Crippen molar-refractivity contribution in [3.8, 4) is 0 Å². The highest BCUT2D eigenvalue weighted by atomic mass is 35.5. The quantitative estimate of drug-likeness (QED) is 0.884. The van der Waals surface area contributed by atoms with Crippen molar-refractivity contribution in [3.63, 3.8) is 0 Å². The molecule has 3 heteroatoms. The van der Waals surface area contributed by atoms with Crippen LogP contribution in [-0.4, -0.2) is 12.5 Å². The standard InChI is InChI=1S/C19H20ClNO/c20-17-6-3-4-14(12-17)10-11-21-19(22)13-16-9-8-15-5-1-2-7-18(15)16/h1-7,12,16H,8-11,13H2,(H,21,22). The maximum absolute atomic E-state index is 12.1. The van der Waals surface area contributed by atoms with Crippen LogP contribution in [0.1, 0.15) is 35.4 Å². The molecule has 0 fully saturated rings. The van der Waals surface area contributed by atoms with Gasteiger partial charge in [-0.2, -0.15) is 0 Å². The van der Waals surface area contributed by atoms with Gasteiger partial charge in [0.2, 0.25) is 5.91 Å². The summed E-state index contributed by atoms with van der Waals surface area (Å²) in [6.07, 6.45) is 3.58. The van der Waals surface area contributed by atoms with Gasteiger partial charge in [-0.25, -0.2) is 0 Å². The summed E-state index contributed by atoms with van der Waals surface area (Å²) in [5.41, 5.74) is 3.91. The molecule has 114 valence electrons. The maximum Gasteiger partial charge on any atom is 0.220 e. The van der Waals surface area contributed by atoms with E-state index in [-0.39, 0.29) is 5.91 Å².